The highest BCUT2D eigenvalue weighted by Crippen LogP contribution is 2.16. The second-order valence-corrected chi connectivity index (χ2v) is 5.73. The van der Waals surface area contributed by atoms with E-state index in [1.165, 1.54) is 0 Å². The maximum Gasteiger partial charge on any atom is 0.239 e. The van der Waals surface area contributed by atoms with Crippen LogP contribution in [0, 0.1) is 5.92 Å². The molecule has 3 N–H and O–H groups in total. The zero-order valence-electron chi connectivity index (χ0n) is 13.5. The number of rotatable bonds is 4. The quantitative estimate of drug-likeness (QED) is 0.836. The third-order valence-corrected chi connectivity index (χ3v) is 3.83. The lowest BCUT2D eigenvalue weighted by Gasteiger charge is -2.34. The van der Waals surface area contributed by atoms with E-state index in [1.807, 2.05) is 36.9 Å². The smallest absolute Gasteiger partial charge is 0.239 e. The van der Waals surface area contributed by atoms with E-state index in [9.17, 15) is 4.79 Å². The summed E-state index contributed by atoms with van der Waals surface area (Å²) in [6.07, 6.45) is 3.66. The molecule has 0 unspecified atom stereocenters. The fourth-order valence-electron chi connectivity index (χ4n) is 2.40. The second-order valence-electron chi connectivity index (χ2n) is 5.73. The first-order chi connectivity index (χ1) is 9.58. The summed E-state index contributed by atoms with van der Waals surface area (Å²) < 4.78 is 0. The predicted molar refractivity (Wildman–Crippen MR) is 102 cm³/mol. The summed E-state index contributed by atoms with van der Waals surface area (Å²) in [5.41, 5.74) is 5.93. The van der Waals surface area contributed by atoms with Gasteiger partial charge in [-0.25, -0.2) is 4.98 Å². The Bertz CT molecular complexity index is 440. The number of nitrogens with two attached hydrogens (primary N) is 1. The van der Waals surface area contributed by atoms with E-state index in [-0.39, 0.29) is 55.1 Å². The largest absolute Gasteiger partial charge is 0.367 e. The molecule has 1 atom stereocenters. The van der Waals surface area contributed by atoms with Crippen molar-refractivity contribution in [3.8, 4) is 0 Å². The third-order valence-electron chi connectivity index (χ3n) is 3.83. The fourth-order valence-corrected chi connectivity index (χ4v) is 2.40. The van der Waals surface area contributed by atoms with Gasteiger partial charge in [0, 0.05) is 25.3 Å². The van der Waals surface area contributed by atoms with Crippen molar-refractivity contribution in [2.75, 3.05) is 18.4 Å². The zero-order valence-corrected chi connectivity index (χ0v) is 15.9. The van der Waals surface area contributed by atoms with Gasteiger partial charge >= 0.3 is 0 Å². The van der Waals surface area contributed by atoms with E-state index < -0.39 is 0 Å². The Balaban J connectivity index is 0. The molecule has 1 aromatic heterocycles. The predicted octanol–water partition coefficient (Wildman–Crippen LogP) is 2.73. The molecule has 1 aliphatic rings. The highest BCUT2D eigenvalue weighted by molar-refractivity contribution is 5.86. The van der Waals surface area contributed by atoms with Crippen molar-refractivity contribution in [2.45, 2.75) is 38.8 Å². The van der Waals surface area contributed by atoms with Crippen LogP contribution < -0.4 is 11.1 Å². The molecule has 23 heavy (non-hydrogen) atoms. The molecule has 0 saturated carbocycles. The van der Waals surface area contributed by atoms with Gasteiger partial charge in [-0.2, -0.15) is 0 Å². The fraction of sp³-hybridized carbons (Fsp3) is 0.600. The first kappa shape index (κ1) is 24.5. The minimum absolute atomic E-state index is 0. The van der Waals surface area contributed by atoms with E-state index in [0.717, 1.165) is 31.7 Å². The molecule has 0 radical (unpaired) electrons. The summed E-state index contributed by atoms with van der Waals surface area (Å²) in [5, 5.41) is 3.41. The van der Waals surface area contributed by atoms with Crippen LogP contribution in [0.4, 0.5) is 5.82 Å². The van der Waals surface area contributed by atoms with Gasteiger partial charge in [-0.05, 0) is 30.9 Å². The van der Waals surface area contributed by atoms with Gasteiger partial charge in [-0.1, -0.05) is 19.9 Å². The molecule has 1 fully saturated rings. The Morgan fingerprint density at radius 3 is 2.35 bits per heavy atom. The van der Waals surface area contributed by atoms with Crippen LogP contribution in [0.3, 0.4) is 0 Å². The van der Waals surface area contributed by atoms with Crippen LogP contribution in [-0.2, 0) is 4.79 Å². The molecule has 134 valence electrons. The maximum absolute atomic E-state index is 12.2. The highest BCUT2D eigenvalue weighted by atomic mass is 35.5. The van der Waals surface area contributed by atoms with E-state index in [4.69, 9.17) is 5.73 Å². The van der Waals surface area contributed by atoms with Gasteiger partial charge in [0.15, 0.2) is 0 Å². The second kappa shape index (κ2) is 11.7. The maximum atomic E-state index is 12.2. The number of carbonyl (C=O) groups excluding carboxylic acids is 1. The molecule has 0 spiro atoms. The lowest BCUT2D eigenvalue weighted by atomic mass is 10.0. The normalized spacial score (nSPS) is 15.7. The number of hydrogen-bond acceptors (Lipinski definition) is 4. The van der Waals surface area contributed by atoms with Crippen molar-refractivity contribution in [1.29, 1.82) is 0 Å². The minimum Gasteiger partial charge on any atom is -0.367 e. The molecular weight excluding hydrogens is 359 g/mol. The molecule has 0 bridgehead atoms. The highest BCUT2D eigenvalue weighted by Gasteiger charge is 2.27. The lowest BCUT2D eigenvalue weighted by molar-refractivity contribution is -0.134. The van der Waals surface area contributed by atoms with Crippen molar-refractivity contribution < 1.29 is 4.79 Å². The van der Waals surface area contributed by atoms with Gasteiger partial charge in [-0.3, -0.25) is 4.79 Å². The number of anilines is 1. The molecule has 0 aromatic carbocycles. The molecule has 1 aliphatic heterocycles. The summed E-state index contributed by atoms with van der Waals surface area (Å²) in [4.78, 5) is 18.3. The summed E-state index contributed by atoms with van der Waals surface area (Å²) in [6.45, 7) is 5.50. The molecule has 1 saturated heterocycles. The van der Waals surface area contributed by atoms with Crippen LogP contribution in [-0.4, -0.2) is 41.0 Å². The summed E-state index contributed by atoms with van der Waals surface area (Å²) >= 11 is 0. The van der Waals surface area contributed by atoms with E-state index in [1.54, 1.807) is 6.20 Å². The van der Waals surface area contributed by atoms with Gasteiger partial charge in [0.2, 0.25) is 5.91 Å². The molecule has 2 heterocycles. The minimum atomic E-state index is -0.379. The van der Waals surface area contributed by atoms with Crippen LogP contribution in [0.2, 0.25) is 0 Å². The Morgan fingerprint density at radius 2 is 1.87 bits per heavy atom. The van der Waals surface area contributed by atoms with E-state index in [0.29, 0.717) is 6.04 Å². The average molecular weight is 386 g/mol. The Labute approximate surface area is 157 Å². The molecule has 1 aromatic rings. The standard InChI is InChI=1S/C15H24N4O.3ClH/c1-11(2)14(16)15(20)19-9-6-12(7-10-19)18-13-5-3-4-8-17-13;;;/h3-5,8,11-12,14H,6-7,9-10,16H2,1-2H3,(H,17,18);3*1H/t14-;;;/m0.../s1. The number of nitrogens with zero attached hydrogens (tertiary/aromatic N) is 2. The van der Waals surface area contributed by atoms with Gasteiger partial charge in [0.05, 0.1) is 6.04 Å². The van der Waals surface area contributed by atoms with Crippen molar-refractivity contribution >= 4 is 48.9 Å². The molecule has 5 nitrogen and oxygen atoms in total. The summed E-state index contributed by atoms with van der Waals surface area (Å²) in [7, 11) is 0. The number of halogens is 3. The molecule has 8 heteroatoms. The molecule has 2 rings (SSSR count). The van der Waals surface area contributed by atoms with Gasteiger partial charge < -0.3 is 16.0 Å². The van der Waals surface area contributed by atoms with Gasteiger partial charge in [0.1, 0.15) is 5.82 Å². The van der Waals surface area contributed by atoms with Crippen LogP contribution in [0.5, 0.6) is 0 Å². The number of nitrogens with one attached hydrogen (secondary N) is 1. The number of likely N-dealkylation sites (tertiary alicyclic amines) is 1. The van der Waals surface area contributed by atoms with Crippen molar-refractivity contribution in [1.82, 2.24) is 9.88 Å². The van der Waals surface area contributed by atoms with Crippen LogP contribution in [0.1, 0.15) is 26.7 Å². The summed E-state index contributed by atoms with van der Waals surface area (Å²) in [6, 6.07) is 5.83. The monoisotopic (exact) mass is 384 g/mol. The third kappa shape index (κ3) is 7.12. The van der Waals surface area contributed by atoms with E-state index in [2.05, 4.69) is 10.3 Å². The molecule has 1 amide bonds. The first-order valence-corrected chi connectivity index (χ1v) is 7.30. The van der Waals surface area contributed by atoms with Crippen molar-refractivity contribution in [2.24, 2.45) is 11.7 Å². The van der Waals surface area contributed by atoms with E-state index >= 15 is 0 Å². The zero-order chi connectivity index (χ0) is 14.5. The Kier molecular flexibility index (Phi) is 12.5. The first-order valence-electron chi connectivity index (χ1n) is 7.30. The van der Waals surface area contributed by atoms with Gasteiger partial charge in [-0.15, -0.1) is 37.2 Å². The SMILES string of the molecule is CC(C)[C@H](N)C(=O)N1CCC(Nc2ccccn2)CC1.Cl.Cl.Cl. The average Bonchev–Trinajstić information content (AvgIpc) is 2.47. The number of pyridine rings is 1. The van der Waals surface area contributed by atoms with Crippen LogP contribution in [0.25, 0.3) is 0 Å². The lowest BCUT2D eigenvalue weighted by Crippen LogP contribution is -2.50. The van der Waals surface area contributed by atoms with Gasteiger partial charge in [0.25, 0.3) is 0 Å². The Morgan fingerprint density at radius 1 is 1.26 bits per heavy atom. The molecular formula is C15H27Cl3N4O. The number of amides is 1. The van der Waals surface area contributed by atoms with Crippen molar-refractivity contribution in [3.63, 3.8) is 0 Å². The number of aromatic nitrogens is 1. The summed E-state index contributed by atoms with van der Waals surface area (Å²) in [5.74, 6) is 1.17. The van der Waals surface area contributed by atoms with Crippen LogP contribution >= 0.6 is 37.2 Å². The Hall–Kier alpha value is -0.750. The number of carbonyl (C=O) groups is 1. The molecule has 0 aliphatic carbocycles. The van der Waals surface area contributed by atoms with Crippen molar-refractivity contribution in [3.05, 3.63) is 24.4 Å². The number of piperidine rings is 1. The topological polar surface area (TPSA) is 71.2 Å². The number of hydrogen-bond donors (Lipinski definition) is 2. The van der Waals surface area contributed by atoms with Crippen LogP contribution in [0.15, 0.2) is 24.4 Å².